The molecule has 0 fully saturated rings. The van der Waals surface area contributed by atoms with Crippen LogP contribution in [0.25, 0.3) is 0 Å². The second-order valence-corrected chi connectivity index (χ2v) is 14.4. The number of aryl methyl sites for hydroxylation is 1. The third-order valence-corrected chi connectivity index (χ3v) is 10.8. The number of hydrogen-bond donors (Lipinski definition) is 1. The van der Waals surface area contributed by atoms with Crippen molar-refractivity contribution < 1.29 is 21.6 Å². The standard InChI is InChI=1S/C23H24F3NO2SSi/c1-17-9-15-20(16-10-17)30(28,29)27-22(31(2,3)21-7-5-4-6-8-21)18-11-13-19(14-12-18)23(24,25)26/h4-16,22,27H,1-3H3. The predicted octanol–water partition coefficient (Wildman–Crippen LogP) is 5.19. The fourth-order valence-corrected chi connectivity index (χ4v) is 8.60. The minimum Gasteiger partial charge on any atom is -0.207 e. The maximum atomic E-state index is 13.2. The van der Waals surface area contributed by atoms with Crippen LogP contribution >= 0.6 is 0 Å². The second kappa shape index (κ2) is 8.61. The average Bonchev–Trinajstić information content (AvgIpc) is 2.72. The van der Waals surface area contributed by atoms with Crippen LogP contribution in [0.5, 0.6) is 0 Å². The number of rotatable bonds is 6. The van der Waals surface area contributed by atoms with Crippen LogP contribution in [-0.2, 0) is 16.2 Å². The van der Waals surface area contributed by atoms with Crippen LogP contribution in [0, 0.1) is 6.92 Å². The van der Waals surface area contributed by atoms with Crippen molar-refractivity contribution in [3.05, 3.63) is 95.6 Å². The number of sulfonamides is 1. The fourth-order valence-electron chi connectivity index (χ4n) is 3.47. The van der Waals surface area contributed by atoms with Crippen molar-refractivity contribution in [2.45, 2.75) is 36.8 Å². The van der Waals surface area contributed by atoms with E-state index in [-0.39, 0.29) is 4.90 Å². The van der Waals surface area contributed by atoms with E-state index in [4.69, 9.17) is 0 Å². The largest absolute Gasteiger partial charge is 0.416 e. The van der Waals surface area contributed by atoms with E-state index in [9.17, 15) is 21.6 Å². The lowest BCUT2D eigenvalue weighted by atomic mass is 10.1. The Bertz CT molecular complexity index is 1130. The quantitative estimate of drug-likeness (QED) is 0.512. The highest BCUT2D eigenvalue weighted by atomic mass is 32.2. The maximum Gasteiger partial charge on any atom is 0.416 e. The van der Waals surface area contributed by atoms with Gasteiger partial charge < -0.3 is 0 Å². The van der Waals surface area contributed by atoms with E-state index in [1.54, 1.807) is 12.1 Å². The van der Waals surface area contributed by atoms with Crippen LogP contribution in [0.2, 0.25) is 13.1 Å². The Balaban J connectivity index is 2.07. The first-order valence-corrected chi connectivity index (χ1v) is 14.3. The molecule has 3 nitrogen and oxygen atoms in total. The zero-order valence-corrected chi connectivity index (χ0v) is 19.3. The van der Waals surface area contributed by atoms with Gasteiger partial charge in [0.1, 0.15) is 8.07 Å². The molecule has 1 atom stereocenters. The summed E-state index contributed by atoms with van der Waals surface area (Å²) < 4.78 is 68.2. The molecule has 0 saturated carbocycles. The molecular weight excluding hydrogens is 439 g/mol. The first kappa shape index (κ1) is 23.2. The van der Waals surface area contributed by atoms with Crippen LogP contribution < -0.4 is 9.91 Å². The maximum absolute atomic E-state index is 13.2. The Morgan fingerprint density at radius 3 is 1.90 bits per heavy atom. The average molecular weight is 464 g/mol. The monoisotopic (exact) mass is 463 g/mol. The minimum absolute atomic E-state index is 0.118. The van der Waals surface area contributed by atoms with Crippen molar-refractivity contribution in [3.63, 3.8) is 0 Å². The molecule has 0 amide bonds. The van der Waals surface area contributed by atoms with Crippen LogP contribution in [-0.4, -0.2) is 16.5 Å². The van der Waals surface area contributed by atoms with Gasteiger partial charge in [-0.1, -0.05) is 78.4 Å². The van der Waals surface area contributed by atoms with Crippen LogP contribution in [0.1, 0.15) is 22.4 Å². The summed E-state index contributed by atoms with van der Waals surface area (Å²) in [6.07, 6.45) is -4.46. The summed E-state index contributed by atoms with van der Waals surface area (Å²) in [4.78, 5) is 0.118. The Hall–Kier alpha value is -2.42. The molecule has 3 aromatic rings. The molecule has 1 unspecified atom stereocenters. The first-order valence-electron chi connectivity index (χ1n) is 9.73. The Morgan fingerprint density at radius 1 is 0.839 bits per heavy atom. The summed E-state index contributed by atoms with van der Waals surface area (Å²) in [6.45, 7) is 5.87. The normalized spacial score (nSPS) is 13.7. The summed E-state index contributed by atoms with van der Waals surface area (Å²) in [7, 11) is -6.43. The molecule has 0 aliphatic heterocycles. The molecule has 1 N–H and O–H groups in total. The van der Waals surface area contributed by atoms with Gasteiger partial charge in [-0.2, -0.15) is 13.2 Å². The van der Waals surface area contributed by atoms with Crippen LogP contribution in [0.3, 0.4) is 0 Å². The van der Waals surface area contributed by atoms with Gasteiger partial charge in [-0.3, -0.25) is 0 Å². The van der Waals surface area contributed by atoms with Gasteiger partial charge in [-0.15, -0.1) is 0 Å². The number of benzene rings is 3. The van der Waals surface area contributed by atoms with E-state index in [0.717, 1.165) is 22.9 Å². The summed E-state index contributed by atoms with van der Waals surface area (Å²) in [5, 5.41) is 0.992. The summed E-state index contributed by atoms with van der Waals surface area (Å²) in [5.74, 6) is 0. The Kier molecular flexibility index (Phi) is 6.45. The Morgan fingerprint density at radius 2 is 1.39 bits per heavy atom. The predicted molar refractivity (Wildman–Crippen MR) is 119 cm³/mol. The fraction of sp³-hybridized carbons (Fsp3) is 0.217. The van der Waals surface area contributed by atoms with E-state index in [1.807, 2.05) is 50.3 Å². The van der Waals surface area contributed by atoms with E-state index < -0.39 is 35.5 Å². The van der Waals surface area contributed by atoms with Gasteiger partial charge in [0.25, 0.3) is 0 Å². The molecule has 8 heteroatoms. The smallest absolute Gasteiger partial charge is 0.207 e. The van der Waals surface area contributed by atoms with Gasteiger partial charge in [-0.05, 0) is 36.8 Å². The van der Waals surface area contributed by atoms with E-state index >= 15 is 0 Å². The van der Waals surface area contributed by atoms with Crippen LogP contribution in [0.15, 0.2) is 83.8 Å². The second-order valence-electron chi connectivity index (χ2n) is 8.07. The summed E-state index contributed by atoms with van der Waals surface area (Å²) in [6, 6.07) is 20.7. The number of alkyl halides is 3. The van der Waals surface area contributed by atoms with Gasteiger partial charge in [0.15, 0.2) is 0 Å². The molecule has 3 aromatic carbocycles. The summed E-state index contributed by atoms with van der Waals surface area (Å²) in [5.41, 5.74) is 0.000462. The lowest BCUT2D eigenvalue weighted by Crippen LogP contribution is -2.54. The topological polar surface area (TPSA) is 46.2 Å². The molecule has 31 heavy (non-hydrogen) atoms. The third kappa shape index (κ3) is 5.26. The third-order valence-electron chi connectivity index (χ3n) is 5.42. The van der Waals surface area contributed by atoms with Crippen molar-refractivity contribution in [2.24, 2.45) is 0 Å². The molecule has 0 aliphatic carbocycles. The van der Waals surface area contributed by atoms with Gasteiger partial charge in [0.05, 0.1) is 10.5 Å². The van der Waals surface area contributed by atoms with E-state index in [0.29, 0.717) is 5.56 Å². The molecule has 0 aromatic heterocycles. The minimum atomic E-state index is -4.46. The molecule has 0 saturated heterocycles. The lowest BCUT2D eigenvalue weighted by molar-refractivity contribution is -0.137. The highest BCUT2D eigenvalue weighted by Gasteiger charge is 2.38. The number of hydrogen-bond acceptors (Lipinski definition) is 2. The van der Waals surface area contributed by atoms with E-state index in [2.05, 4.69) is 4.72 Å². The Labute approximate surface area is 182 Å². The zero-order chi connectivity index (χ0) is 22.9. The number of halogens is 3. The van der Waals surface area contributed by atoms with Crippen molar-refractivity contribution >= 4 is 23.3 Å². The van der Waals surface area contributed by atoms with Crippen LogP contribution in [0.4, 0.5) is 13.2 Å². The highest BCUT2D eigenvalue weighted by Crippen LogP contribution is 2.32. The molecule has 0 spiro atoms. The van der Waals surface area contributed by atoms with Crippen molar-refractivity contribution in [1.82, 2.24) is 4.72 Å². The highest BCUT2D eigenvalue weighted by molar-refractivity contribution is 7.89. The van der Waals surface area contributed by atoms with Crippen molar-refractivity contribution in [3.8, 4) is 0 Å². The van der Waals surface area contributed by atoms with Crippen molar-refractivity contribution in [1.29, 1.82) is 0 Å². The van der Waals surface area contributed by atoms with Crippen molar-refractivity contribution in [2.75, 3.05) is 0 Å². The van der Waals surface area contributed by atoms with Gasteiger partial charge >= 0.3 is 6.18 Å². The molecule has 0 radical (unpaired) electrons. The molecule has 164 valence electrons. The zero-order valence-electron chi connectivity index (χ0n) is 17.4. The molecule has 3 rings (SSSR count). The van der Waals surface area contributed by atoms with Gasteiger partial charge in [-0.25, -0.2) is 13.1 Å². The van der Waals surface area contributed by atoms with Gasteiger partial charge in [0.2, 0.25) is 10.0 Å². The molecule has 0 bridgehead atoms. The first-order chi connectivity index (χ1) is 14.4. The molecule has 0 aliphatic rings. The molecule has 0 heterocycles. The van der Waals surface area contributed by atoms with E-state index in [1.165, 1.54) is 24.3 Å². The SMILES string of the molecule is Cc1ccc(S(=O)(=O)NC(c2ccc(C(F)(F)F)cc2)[Si](C)(C)c2ccccc2)cc1. The van der Waals surface area contributed by atoms with Gasteiger partial charge in [0, 0.05) is 5.67 Å². The molecular formula is C23H24F3NO2SSi. The number of nitrogens with one attached hydrogen (secondary N) is 1. The summed E-state index contributed by atoms with van der Waals surface area (Å²) >= 11 is 0. The lowest BCUT2D eigenvalue weighted by Gasteiger charge is -2.34.